The van der Waals surface area contributed by atoms with Crippen LogP contribution in [0.2, 0.25) is 0 Å². The summed E-state index contributed by atoms with van der Waals surface area (Å²) < 4.78 is 28.4. The number of hydrogen-bond acceptors (Lipinski definition) is 3. The molecule has 1 fully saturated rings. The minimum Gasteiger partial charge on any atom is -0.364 e. The second kappa shape index (κ2) is 8.21. The first-order valence-corrected chi connectivity index (χ1v) is 10.6. The van der Waals surface area contributed by atoms with Gasteiger partial charge in [-0.3, -0.25) is 14.6 Å². The third-order valence-electron chi connectivity index (χ3n) is 6.49. The van der Waals surface area contributed by atoms with Gasteiger partial charge >= 0.3 is 0 Å². The lowest BCUT2D eigenvalue weighted by Crippen LogP contribution is -2.25. The maximum absolute atomic E-state index is 14.6. The molecular weight excluding hydrogens is 400 g/mol. The molecule has 1 aliphatic rings. The zero-order valence-electron chi connectivity index (χ0n) is 17.5. The predicted octanol–water partition coefficient (Wildman–Crippen LogP) is 4.55. The fraction of sp³-hybridized carbons (Fsp3) is 0.375. The highest BCUT2D eigenvalue weighted by Gasteiger charge is 2.34. The number of rotatable bonds is 4. The number of aromatic amines is 1. The summed E-state index contributed by atoms with van der Waals surface area (Å²) in [7, 11) is 0. The zero-order valence-corrected chi connectivity index (χ0v) is 17.5. The highest BCUT2D eigenvalue weighted by Crippen LogP contribution is 2.47. The van der Waals surface area contributed by atoms with Crippen LogP contribution >= 0.6 is 0 Å². The molecule has 31 heavy (non-hydrogen) atoms. The van der Waals surface area contributed by atoms with Gasteiger partial charge < -0.3 is 10.7 Å². The third-order valence-corrected chi connectivity index (χ3v) is 6.49. The van der Waals surface area contributed by atoms with E-state index in [0.29, 0.717) is 23.4 Å². The van der Waals surface area contributed by atoms with E-state index in [1.54, 1.807) is 12.1 Å². The molecule has 5 nitrogen and oxygen atoms in total. The molecule has 0 radical (unpaired) electrons. The number of carbonyl (C=O) groups is 1. The first kappa shape index (κ1) is 21.2. The molecule has 0 unspecified atom stereocenters. The third kappa shape index (κ3) is 3.73. The highest BCUT2D eigenvalue weighted by molar-refractivity contribution is 6.03. The summed E-state index contributed by atoms with van der Waals surface area (Å²) in [4.78, 5) is 31.9. The monoisotopic (exact) mass is 425 g/mol. The van der Waals surface area contributed by atoms with Gasteiger partial charge in [0.25, 0.3) is 5.91 Å². The molecule has 4 rings (SSSR count). The molecule has 0 bridgehead atoms. The van der Waals surface area contributed by atoms with E-state index in [1.807, 2.05) is 6.92 Å². The summed E-state index contributed by atoms with van der Waals surface area (Å²) in [6.45, 7) is 3.97. The first-order valence-electron chi connectivity index (χ1n) is 10.6. The van der Waals surface area contributed by atoms with Crippen LogP contribution in [-0.4, -0.2) is 15.9 Å². The minimum atomic E-state index is -0.841. The standard InChI is InChI=1S/C24H25F2N3O2/c1-3-13-14(6-7-17(25)22(13)26)16-10-12(2)4-5-15(16)19-11-20(30)21-18(29-19)8-9-28-23(21)24(27)31/h6-9,11-12,15-16H,3-5,10H2,1-2H3,(H2,27,31)(H,29,30)/t12-,15+,16-/m1/s1. The second-order valence-corrected chi connectivity index (χ2v) is 8.45. The molecule has 0 aliphatic heterocycles. The van der Waals surface area contributed by atoms with Gasteiger partial charge in [0.15, 0.2) is 17.1 Å². The van der Waals surface area contributed by atoms with Crippen molar-refractivity contribution in [2.45, 2.75) is 51.4 Å². The summed E-state index contributed by atoms with van der Waals surface area (Å²) in [6.07, 6.45) is 4.41. The molecule has 162 valence electrons. The number of nitrogens with one attached hydrogen (secondary N) is 1. The van der Waals surface area contributed by atoms with Crippen molar-refractivity contribution in [3.05, 3.63) is 74.8 Å². The van der Waals surface area contributed by atoms with Crippen LogP contribution in [-0.2, 0) is 6.42 Å². The lowest BCUT2D eigenvalue weighted by atomic mass is 9.69. The minimum absolute atomic E-state index is 0.0562. The van der Waals surface area contributed by atoms with Gasteiger partial charge in [-0.2, -0.15) is 0 Å². The van der Waals surface area contributed by atoms with Crippen molar-refractivity contribution >= 4 is 16.8 Å². The van der Waals surface area contributed by atoms with Crippen LogP contribution in [0.5, 0.6) is 0 Å². The van der Waals surface area contributed by atoms with Crippen molar-refractivity contribution in [3.63, 3.8) is 0 Å². The number of hydrogen-bond donors (Lipinski definition) is 2. The van der Waals surface area contributed by atoms with E-state index in [-0.39, 0.29) is 28.3 Å². The molecule has 7 heteroatoms. The summed E-state index contributed by atoms with van der Waals surface area (Å²) in [5.41, 5.74) is 7.40. The summed E-state index contributed by atoms with van der Waals surface area (Å²) in [5, 5.41) is 0.168. The van der Waals surface area contributed by atoms with Crippen LogP contribution in [0, 0.1) is 17.6 Å². The Kier molecular flexibility index (Phi) is 5.60. The van der Waals surface area contributed by atoms with Crippen LogP contribution < -0.4 is 11.2 Å². The molecule has 0 saturated heterocycles. The number of nitrogens with zero attached hydrogens (tertiary/aromatic N) is 1. The molecule has 1 aromatic carbocycles. The van der Waals surface area contributed by atoms with E-state index in [0.717, 1.165) is 30.5 Å². The maximum atomic E-state index is 14.6. The number of carbonyl (C=O) groups excluding carboxylic acids is 1. The average Bonchev–Trinajstić information content (AvgIpc) is 2.74. The number of nitrogens with two attached hydrogens (primary N) is 1. The van der Waals surface area contributed by atoms with Gasteiger partial charge in [0.1, 0.15) is 5.69 Å². The van der Waals surface area contributed by atoms with Gasteiger partial charge in [-0.05, 0) is 54.4 Å². The Balaban J connectivity index is 1.87. The smallest absolute Gasteiger partial charge is 0.268 e. The number of H-pyrrole nitrogens is 1. The number of benzene rings is 1. The van der Waals surface area contributed by atoms with Crippen molar-refractivity contribution < 1.29 is 13.6 Å². The molecular formula is C24H25F2N3O2. The van der Waals surface area contributed by atoms with E-state index in [1.165, 1.54) is 18.3 Å². The van der Waals surface area contributed by atoms with E-state index >= 15 is 0 Å². The SMILES string of the molecule is CCc1c([C@H]2C[C@H](C)CC[C@@H]2c2cc(=O)c3c(C(N)=O)nccc3[nH]2)ccc(F)c1F. The van der Waals surface area contributed by atoms with Crippen molar-refractivity contribution in [1.29, 1.82) is 0 Å². The van der Waals surface area contributed by atoms with Gasteiger partial charge in [-0.15, -0.1) is 0 Å². The Morgan fingerprint density at radius 2 is 2.00 bits per heavy atom. The van der Waals surface area contributed by atoms with Crippen LogP contribution in [0.25, 0.3) is 10.9 Å². The van der Waals surface area contributed by atoms with Crippen LogP contribution in [0.3, 0.4) is 0 Å². The van der Waals surface area contributed by atoms with Crippen LogP contribution in [0.1, 0.15) is 72.3 Å². The van der Waals surface area contributed by atoms with Crippen molar-refractivity contribution in [1.82, 2.24) is 9.97 Å². The zero-order chi connectivity index (χ0) is 22.3. The van der Waals surface area contributed by atoms with Gasteiger partial charge in [-0.25, -0.2) is 8.78 Å². The molecule has 3 aromatic rings. The Hall–Kier alpha value is -3.09. The first-order chi connectivity index (χ1) is 14.8. The van der Waals surface area contributed by atoms with E-state index in [9.17, 15) is 18.4 Å². The Morgan fingerprint density at radius 1 is 1.23 bits per heavy atom. The summed E-state index contributed by atoms with van der Waals surface area (Å²) in [6, 6.07) is 6.01. The molecule has 3 N–H and O–H groups in total. The lowest BCUT2D eigenvalue weighted by molar-refractivity contribution is 0.0997. The normalized spacial score (nSPS) is 21.4. The average molecular weight is 425 g/mol. The maximum Gasteiger partial charge on any atom is 0.268 e. The van der Waals surface area contributed by atoms with Crippen molar-refractivity contribution in [3.8, 4) is 0 Å². The number of primary amides is 1. The van der Waals surface area contributed by atoms with Gasteiger partial charge in [0.05, 0.1) is 10.9 Å². The molecule has 3 atom stereocenters. The van der Waals surface area contributed by atoms with E-state index in [4.69, 9.17) is 5.73 Å². The second-order valence-electron chi connectivity index (χ2n) is 8.45. The molecule has 0 spiro atoms. The Morgan fingerprint density at radius 3 is 2.71 bits per heavy atom. The molecule has 1 saturated carbocycles. The van der Waals surface area contributed by atoms with Crippen LogP contribution in [0.4, 0.5) is 8.78 Å². The summed E-state index contributed by atoms with van der Waals surface area (Å²) >= 11 is 0. The Labute approximate surface area is 178 Å². The fourth-order valence-electron chi connectivity index (χ4n) is 5.02. The highest BCUT2D eigenvalue weighted by atomic mass is 19.2. The number of aromatic nitrogens is 2. The lowest BCUT2D eigenvalue weighted by Gasteiger charge is -2.36. The predicted molar refractivity (Wildman–Crippen MR) is 115 cm³/mol. The van der Waals surface area contributed by atoms with Crippen molar-refractivity contribution in [2.75, 3.05) is 0 Å². The number of halogens is 2. The number of fused-ring (bicyclic) bond motifs is 1. The van der Waals surface area contributed by atoms with Crippen molar-refractivity contribution in [2.24, 2.45) is 11.7 Å². The number of pyridine rings is 2. The van der Waals surface area contributed by atoms with Gasteiger partial charge in [0.2, 0.25) is 0 Å². The van der Waals surface area contributed by atoms with Gasteiger partial charge in [0, 0.05) is 23.9 Å². The van der Waals surface area contributed by atoms with E-state index in [2.05, 4.69) is 16.9 Å². The Bertz CT molecular complexity index is 1220. The fourth-order valence-corrected chi connectivity index (χ4v) is 5.02. The summed E-state index contributed by atoms with van der Waals surface area (Å²) in [5.74, 6) is -2.08. The largest absolute Gasteiger partial charge is 0.364 e. The number of amides is 1. The molecule has 1 aliphatic carbocycles. The molecule has 2 heterocycles. The van der Waals surface area contributed by atoms with Gasteiger partial charge in [-0.1, -0.05) is 26.3 Å². The molecule has 1 amide bonds. The topological polar surface area (TPSA) is 88.8 Å². The van der Waals surface area contributed by atoms with E-state index < -0.39 is 17.5 Å². The van der Waals surface area contributed by atoms with Crippen LogP contribution in [0.15, 0.2) is 35.3 Å². The molecule has 2 aromatic heterocycles. The quantitative estimate of drug-likeness (QED) is 0.643.